The quantitative estimate of drug-likeness (QED) is 0.367. The SMILES string of the molecule is CN=C(NCCC(=O)N1CCCCC1C)N1CCN(c2ccccc2O)CC1.I. The van der Waals surface area contributed by atoms with Crippen molar-refractivity contribution in [2.45, 2.75) is 38.6 Å². The molecule has 3 rings (SSSR count). The van der Waals surface area contributed by atoms with Gasteiger partial charge in [0, 0.05) is 58.8 Å². The van der Waals surface area contributed by atoms with Crippen LogP contribution in [0.2, 0.25) is 0 Å². The lowest BCUT2D eigenvalue weighted by atomic mass is 10.0. The minimum absolute atomic E-state index is 0. The Morgan fingerprint density at radius 2 is 1.90 bits per heavy atom. The smallest absolute Gasteiger partial charge is 0.224 e. The molecule has 1 aromatic carbocycles. The Kier molecular flexibility index (Phi) is 9.32. The Bertz CT molecular complexity index is 691. The molecule has 2 heterocycles. The number of hydrogen-bond donors (Lipinski definition) is 2. The van der Waals surface area contributed by atoms with Crippen molar-refractivity contribution in [3.05, 3.63) is 24.3 Å². The predicted octanol–water partition coefficient (Wildman–Crippen LogP) is 2.50. The van der Waals surface area contributed by atoms with E-state index in [1.807, 2.05) is 23.1 Å². The summed E-state index contributed by atoms with van der Waals surface area (Å²) in [7, 11) is 1.78. The normalized spacial score (nSPS) is 20.3. The minimum Gasteiger partial charge on any atom is -0.506 e. The summed E-state index contributed by atoms with van der Waals surface area (Å²) in [6.45, 7) is 6.94. The number of carbonyl (C=O) groups is 1. The number of nitrogens with zero attached hydrogens (tertiary/aromatic N) is 4. The molecule has 29 heavy (non-hydrogen) atoms. The topological polar surface area (TPSA) is 71.4 Å². The van der Waals surface area contributed by atoms with Crippen molar-refractivity contribution in [2.75, 3.05) is 51.2 Å². The lowest BCUT2D eigenvalue weighted by Gasteiger charge is -2.38. The van der Waals surface area contributed by atoms with Crippen LogP contribution in [0.1, 0.15) is 32.6 Å². The molecule has 2 N–H and O–H groups in total. The van der Waals surface area contributed by atoms with E-state index in [2.05, 4.69) is 27.0 Å². The molecule has 2 aliphatic rings. The van der Waals surface area contributed by atoms with Crippen LogP contribution in [-0.4, -0.2) is 79.1 Å². The molecule has 1 aromatic rings. The standard InChI is InChI=1S/C21H33N5O2.HI/c1-17-7-5-6-12-26(17)20(28)10-11-23-21(22-2)25-15-13-24(14-16-25)18-8-3-4-9-19(18)27;/h3-4,8-9,17,27H,5-7,10-16H2,1-2H3,(H,22,23);1H. The first-order valence-corrected chi connectivity index (χ1v) is 10.4. The summed E-state index contributed by atoms with van der Waals surface area (Å²) in [5.74, 6) is 1.40. The molecule has 0 bridgehead atoms. The zero-order valence-electron chi connectivity index (χ0n) is 17.5. The number of para-hydroxylation sites is 2. The minimum atomic E-state index is 0. The highest BCUT2D eigenvalue weighted by Gasteiger charge is 2.24. The van der Waals surface area contributed by atoms with E-state index in [4.69, 9.17) is 0 Å². The van der Waals surface area contributed by atoms with Gasteiger partial charge in [-0.05, 0) is 38.3 Å². The van der Waals surface area contributed by atoms with Crippen molar-refractivity contribution in [2.24, 2.45) is 4.99 Å². The van der Waals surface area contributed by atoms with Gasteiger partial charge in [-0.2, -0.15) is 0 Å². The molecule has 1 amide bonds. The summed E-state index contributed by atoms with van der Waals surface area (Å²) < 4.78 is 0. The van der Waals surface area contributed by atoms with E-state index in [9.17, 15) is 9.90 Å². The van der Waals surface area contributed by atoms with E-state index in [1.54, 1.807) is 13.1 Å². The predicted molar refractivity (Wildman–Crippen MR) is 128 cm³/mol. The molecule has 162 valence electrons. The van der Waals surface area contributed by atoms with Crippen molar-refractivity contribution >= 4 is 41.5 Å². The van der Waals surface area contributed by atoms with Crippen LogP contribution in [0.3, 0.4) is 0 Å². The number of carbonyl (C=O) groups excluding carboxylic acids is 1. The molecule has 2 saturated heterocycles. The average Bonchev–Trinajstić information content (AvgIpc) is 2.72. The van der Waals surface area contributed by atoms with Crippen molar-refractivity contribution in [1.29, 1.82) is 0 Å². The number of rotatable bonds is 4. The molecule has 0 saturated carbocycles. The number of aromatic hydroxyl groups is 1. The molecule has 7 nitrogen and oxygen atoms in total. The van der Waals surface area contributed by atoms with Gasteiger partial charge in [-0.1, -0.05) is 12.1 Å². The molecule has 2 fully saturated rings. The lowest BCUT2D eigenvalue weighted by Crippen LogP contribution is -2.53. The van der Waals surface area contributed by atoms with Crippen LogP contribution in [-0.2, 0) is 4.79 Å². The second-order valence-corrected chi connectivity index (χ2v) is 7.62. The van der Waals surface area contributed by atoms with E-state index in [0.717, 1.165) is 57.2 Å². The number of piperazine rings is 1. The van der Waals surface area contributed by atoms with Crippen LogP contribution in [0.5, 0.6) is 5.75 Å². The largest absolute Gasteiger partial charge is 0.506 e. The van der Waals surface area contributed by atoms with Gasteiger partial charge in [0.05, 0.1) is 5.69 Å². The molecular formula is C21H34IN5O2. The summed E-state index contributed by atoms with van der Waals surface area (Å²) in [4.78, 5) is 23.3. The molecule has 2 aliphatic heterocycles. The van der Waals surface area contributed by atoms with Crippen LogP contribution in [0.25, 0.3) is 0 Å². The maximum atomic E-state index is 12.5. The van der Waals surface area contributed by atoms with Crippen LogP contribution < -0.4 is 10.2 Å². The third-order valence-electron chi connectivity index (χ3n) is 5.76. The third-order valence-corrected chi connectivity index (χ3v) is 5.76. The first-order chi connectivity index (χ1) is 13.6. The number of halogens is 1. The summed E-state index contributed by atoms with van der Waals surface area (Å²) >= 11 is 0. The van der Waals surface area contributed by atoms with Gasteiger partial charge in [-0.25, -0.2) is 0 Å². The number of anilines is 1. The molecule has 1 unspecified atom stereocenters. The van der Waals surface area contributed by atoms with E-state index in [0.29, 0.717) is 24.8 Å². The molecular weight excluding hydrogens is 481 g/mol. The fraction of sp³-hybridized carbons (Fsp3) is 0.619. The van der Waals surface area contributed by atoms with Crippen molar-refractivity contribution in [3.8, 4) is 5.75 Å². The fourth-order valence-corrected chi connectivity index (χ4v) is 4.12. The summed E-state index contributed by atoms with van der Waals surface area (Å²) in [5.41, 5.74) is 0.881. The van der Waals surface area contributed by atoms with Gasteiger partial charge in [0.25, 0.3) is 0 Å². The first kappa shape index (κ1) is 23.6. The highest BCUT2D eigenvalue weighted by molar-refractivity contribution is 14.0. The first-order valence-electron chi connectivity index (χ1n) is 10.4. The van der Waals surface area contributed by atoms with E-state index in [1.165, 1.54) is 6.42 Å². The zero-order valence-corrected chi connectivity index (χ0v) is 19.8. The van der Waals surface area contributed by atoms with E-state index >= 15 is 0 Å². The lowest BCUT2D eigenvalue weighted by molar-refractivity contribution is -0.134. The number of amides is 1. The Balaban J connectivity index is 0.00000300. The number of hydrogen-bond acceptors (Lipinski definition) is 4. The van der Waals surface area contributed by atoms with Gasteiger partial charge in [0.2, 0.25) is 5.91 Å². The highest BCUT2D eigenvalue weighted by atomic mass is 127. The van der Waals surface area contributed by atoms with Crippen LogP contribution in [0.15, 0.2) is 29.3 Å². The molecule has 8 heteroatoms. The number of piperidine rings is 1. The van der Waals surface area contributed by atoms with Crippen molar-refractivity contribution < 1.29 is 9.90 Å². The molecule has 0 radical (unpaired) electrons. The summed E-state index contributed by atoms with van der Waals surface area (Å²) in [6.07, 6.45) is 3.96. The average molecular weight is 515 g/mol. The van der Waals surface area contributed by atoms with Gasteiger partial charge in [-0.3, -0.25) is 9.79 Å². The van der Waals surface area contributed by atoms with Crippen molar-refractivity contribution in [3.63, 3.8) is 0 Å². The van der Waals surface area contributed by atoms with E-state index in [-0.39, 0.29) is 29.9 Å². The number of nitrogens with one attached hydrogen (secondary N) is 1. The van der Waals surface area contributed by atoms with Gasteiger partial charge < -0.3 is 25.1 Å². The Morgan fingerprint density at radius 1 is 1.17 bits per heavy atom. The maximum Gasteiger partial charge on any atom is 0.224 e. The van der Waals surface area contributed by atoms with E-state index < -0.39 is 0 Å². The third kappa shape index (κ3) is 6.13. The number of aliphatic imine (C=N–C) groups is 1. The fourth-order valence-electron chi connectivity index (χ4n) is 4.12. The number of phenols is 1. The number of guanidine groups is 1. The Morgan fingerprint density at radius 3 is 2.55 bits per heavy atom. The molecule has 1 atom stereocenters. The zero-order chi connectivity index (χ0) is 19.9. The Hall–Kier alpha value is -1.71. The van der Waals surface area contributed by atoms with Gasteiger partial charge in [-0.15, -0.1) is 24.0 Å². The number of phenolic OH excluding ortho intramolecular Hbond substituents is 1. The second kappa shape index (κ2) is 11.5. The van der Waals surface area contributed by atoms with Crippen LogP contribution in [0, 0.1) is 0 Å². The second-order valence-electron chi connectivity index (χ2n) is 7.62. The molecule has 0 aliphatic carbocycles. The van der Waals surface area contributed by atoms with Crippen LogP contribution >= 0.6 is 24.0 Å². The number of likely N-dealkylation sites (tertiary alicyclic amines) is 1. The van der Waals surface area contributed by atoms with Gasteiger partial charge in [0.1, 0.15) is 5.75 Å². The van der Waals surface area contributed by atoms with Gasteiger partial charge >= 0.3 is 0 Å². The van der Waals surface area contributed by atoms with Gasteiger partial charge in [0.15, 0.2) is 5.96 Å². The van der Waals surface area contributed by atoms with Crippen molar-refractivity contribution in [1.82, 2.24) is 15.1 Å². The Labute approximate surface area is 191 Å². The number of benzene rings is 1. The maximum absolute atomic E-state index is 12.5. The van der Waals surface area contributed by atoms with Crippen LogP contribution in [0.4, 0.5) is 5.69 Å². The summed E-state index contributed by atoms with van der Waals surface area (Å²) in [6, 6.07) is 7.82. The highest BCUT2D eigenvalue weighted by Crippen LogP contribution is 2.27. The molecule has 0 aromatic heterocycles. The summed E-state index contributed by atoms with van der Waals surface area (Å²) in [5, 5.41) is 13.4. The molecule has 0 spiro atoms. The monoisotopic (exact) mass is 515 g/mol.